The van der Waals surface area contributed by atoms with Crippen molar-refractivity contribution in [2.45, 2.75) is 71.3 Å². The average molecular weight is 347 g/mol. The number of carbonyl (C=O) groups excluding carboxylic acids is 1. The van der Waals surface area contributed by atoms with Crippen molar-refractivity contribution < 1.29 is 18.1 Å². The molecule has 0 fully saturated rings. The maximum Gasteiger partial charge on any atom is 0.330 e. The summed E-state index contributed by atoms with van der Waals surface area (Å²) in [5.41, 5.74) is 0. The van der Waals surface area contributed by atoms with Gasteiger partial charge < -0.3 is 13.3 Å². The number of unbranched alkanes of at least 4 members (excludes halogenated alkanes) is 1. The van der Waals surface area contributed by atoms with E-state index >= 15 is 0 Å². The van der Waals surface area contributed by atoms with Crippen molar-refractivity contribution in [1.82, 2.24) is 0 Å². The van der Waals surface area contributed by atoms with Crippen LogP contribution in [0.1, 0.15) is 40.0 Å². The molecule has 0 bridgehead atoms. The lowest BCUT2D eigenvalue weighted by Crippen LogP contribution is -2.50. The van der Waals surface area contributed by atoms with Gasteiger partial charge in [0.1, 0.15) is 0 Å². The Labute approximate surface area is 138 Å². The highest BCUT2D eigenvalue weighted by molar-refractivity contribution is 6.83. The molecule has 0 rings (SSSR count). The van der Waals surface area contributed by atoms with Crippen LogP contribution in [0.15, 0.2) is 12.7 Å². The van der Waals surface area contributed by atoms with Crippen molar-refractivity contribution in [2.24, 2.45) is 0 Å². The fourth-order valence-electron chi connectivity index (χ4n) is 2.33. The van der Waals surface area contributed by atoms with Crippen molar-refractivity contribution >= 4 is 22.8 Å². The molecule has 0 unspecified atom stereocenters. The second-order valence-electron chi connectivity index (χ2n) is 6.16. The summed E-state index contributed by atoms with van der Waals surface area (Å²) in [6.07, 6.45) is 4.33. The van der Waals surface area contributed by atoms with Gasteiger partial charge in [0.05, 0.1) is 6.61 Å². The summed E-state index contributed by atoms with van der Waals surface area (Å²) < 4.78 is 17.8. The fraction of sp³-hybridized carbons (Fsp3) is 0.812. The molecular formula is C16H34O4Si2. The minimum Gasteiger partial charge on any atom is -0.462 e. The summed E-state index contributed by atoms with van der Waals surface area (Å²) in [6.45, 7) is 15.5. The first-order valence-corrected chi connectivity index (χ1v) is 13.8. The minimum atomic E-state index is -2.11. The Morgan fingerprint density at radius 1 is 1.09 bits per heavy atom. The molecule has 6 heteroatoms. The second-order valence-corrected chi connectivity index (χ2v) is 14.5. The van der Waals surface area contributed by atoms with Crippen molar-refractivity contribution in [3.05, 3.63) is 12.7 Å². The molecule has 0 aromatic carbocycles. The molecule has 0 saturated carbocycles. The third kappa shape index (κ3) is 8.87. The van der Waals surface area contributed by atoms with Crippen molar-refractivity contribution in [1.29, 1.82) is 0 Å². The summed E-state index contributed by atoms with van der Waals surface area (Å²) in [6, 6.07) is 3.13. The van der Waals surface area contributed by atoms with Crippen LogP contribution in [0.4, 0.5) is 0 Å². The van der Waals surface area contributed by atoms with E-state index in [0.29, 0.717) is 19.6 Å². The van der Waals surface area contributed by atoms with Crippen molar-refractivity contribution in [2.75, 3.05) is 13.2 Å². The standard InChI is InChI=1S/C16H34O4Si2/c1-7-11-15-21(5,6)20-22(9-3,10-4)19-14-12-13-18-16(17)8-2/h8H,2,7,9-15H2,1,3-6H3. The first-order chi connectivity index (χ1) is 10.3. The van der Waals surface area contributed by atoms with E-state index in [2.05, 4.69) is 40.4 Å². The van der Waals surface area contributed by atoms with Crippen LogP contribution in [0.2, 0.25) is 31.2 Å². The Hall–Kier alpha value is -0.436. The lowest BCUT2D eigenvalue weighted by Gasteiger charge is -2.37. The number of rotatable bonds is 13. The topological polar surface area (TPSA) is 44.8 Å². The molecule has 0 heterocycles. The molecule has 0 aliphatic carbocycles. The normalized spacial score (nSPS) is 12.2. The van der Waals surface area contributed by atoms with Gasteiger partial charge >= 0.3 is 14.5 Å². The molecule has 0 atom stereocenters. The number of ether oxygens (including phenoxy) is 1. The molecule has 0 aliphatic rings. The van der Waals surface area contributed by atoms with Crippen LogP contribution in [0.5, 0.6) is 0 Å². The molecular weight excluding hydrogens is 312 g/mol. The third-order valence-electron chi connectivity index (χ3n) is 3.74. The molecule has 0 aliphatic heterocycles. The monoisotopic (exact) mass is 346 g/mol. The molecule has 0 N–H and O–H groups in total. The van der Waals surface area contributed by atoms with Gasteiger partial charge in [0, 0.05) is 19.1 Å². The van der Waals surface area contributed by atoms with E-state index in [1.165, 1.54) is 25.0 Å². The van der Waals surface area contributed by atoms with Crippen LogP contribution in [-0.4, -0.2) is 36.1 Å². The van der Waals surface area contributed by atoms with Crippen LogP contribution < -0.4 is 0 Å². The highest BCUT2D eigenvalue weighted by Crippen LogP contribution is 2.27. The average Bonchev–Trinajstić information content (AvgIpc) is 2.51. The highest BCUT2D eigenvalue weighted by atomic mass is 28.4. The van der Waals surface area contributed by atoms with Gasteiger partial charge in [-0.1, -0.05) is 40.2 Å². The summed E-state index contributed by atoms with van der Waals surface area (Å²) >= 11 is 0. The fourth-order valence-corrected chi connectivity index (χ4v) is 10.8. The zero-order chi connectivity index (χ0) is 17.1. The van der Waals surface area contributed by atoms with E-state index in [1.54, 1.807) is 0 Å². The van der Waals surface area contributed by atoms with E-state index in [4.69, 9.17) is 13.3 Å². The maximum absolute atomic E-state index is 11.0. The first-order valence-electron chi connectivity index (χ1n) is 8.48. The first kappa shape index (κ1) is 21.6. The molecule has 0 spiro atoms. The van der Waals surface area contributed by atoms with Crippen LogP contribution >= 0.6 is 0 Å². The molecule has 130 valence electrons. The molecule has 4 nitrogen and oxygen atoms in total. The lowest BCUT2D eigenvalue weighted by molar-refractivity contribution is -0.137. The SMILES string of the molecule is C=CC(=O)OCCCO[Si](CC)(CC)O[Si](C)(C)CCCC. The van der Waals surface area contributed by atoms with E-state index in [-0.39, 0.29) is 5.97 Å². The van der Waals surface area contributed by atoms with Crippen LogP contribution in [-0.2, 0) is 18.1 Å². The van der Waals surface area contributed by atoms with Gasteiger partial charge in [0.2, 0.25) is 0 Å². The van der Waals surface area contributed by atoms with Crippen LogP contribution in [0, 0.1) is 0 Å². The van der Waals surface area contributed by atoms with Crippen LogP contribution in [0.3, 0.4) is 0 Å². The largest absolute Gasteiger partial charge is 0.462 e. The van der Waals surface area contributed by atoms with E-state index in [1.807, 2.05) is 0 Å². The molecule has 0 aromatic rings. The highest BCUT2D eigenvalue weighted by Gasteiger charge is 2.39. The summed E-state index contributed by atoms with van der Waals surface area (Å²) in [5.74, 6) is -0.376. The molecule has 0 amide bonds. The van der Waals surface area contributed by atoms with Crippen molar-refractivity contribution in [3.63, 3.8) is 0 Å². The summed E-state index contributed by atoms with van der Waals surface area (Å²) in [7, 11) is -3.77. The number of carbonyl (C=O) groups is 1. The van der Waals surface area contributed by atoms with E-state index in [9.17, 15) is 4.79 Å². The minimum absolute atomic E-state index is 0.374. The number of hydrogen-bond acceptors (Lipinski definition) is 4. The number of hydrogen-bond donors (Lipinski definition) is 0. The molecule has 0 aromatic heterocycles. The summed E-state index contributed by atoms with van der Waals surface area (Å²) in [4.78, 5) is 11.0. The Kier molecular flexibility index (Phi) is 10.9. The predicted octanol–water partition coefficient (Wildman–Crippen LogP) is 4.63. The molecule has 0 radical (unpaired) electrons. The summed E-state index contributed by atoms with van der Waals surface area (Å²) in [5, 5.41) is 0. The van der Waals surface area contributed by atoms with Gasteiger partial charge in [-0.05, 0) is 31.2 Å². The van der Waals surface area contributed by atoms with Gasteiger partial charge in [0.25, 0.3) is 0 Å². The van der Waals surface area contributed by atoms with Crippen molar-refractivity contribution in [3.8, 4) is 0 Å². The van der Waals surface area contributed by atoms with E-state index in [0.717, 1.165) is 12.1 Å². The quantitative estimate of drug-likeness (QED) is 0.211. The Bertz CT molecular complexity index is 328. The smallest absolute Gasteiger partial charge is 0.330 e. The lowest BCUT2D eigenvalue weighted by atomic mass is 10.4. The van der Waals surface area contributed by atoms with Gasteiger partial charge in [-0.25, -0.2) is 4.79 Å². The van der Waals surface area contributed by atoms with E-state index < -0.39 is 16.9 Å². The molecule has 22 heavy (non-hydrogen) atoms. The zero-order valence-corrected chi connectivity index (χ0v) is 17.1. The Morgan fingerprint density at radius 3 is 2.23 bits per heavy atom. The van der Waals surface area contributed by atoms with Crippen LogP contribution in [0.25, 0.3) is 0 Å². The Balaban J connectivity index is 4.37. The molecule has 0 saturated heterocycles. The third-order valence-corrected chi connectivity index (χ3v) is 11.9. The van der Waals surface area contributed by atoms with Gasteiger partial charge in [0.15, 0.2) is 8.32 Å². The maximum atomic E-state index is 11.0. The van der Waals surface area contributed by atoms with Gasteiger partial charge in [-0.2, -0.15) is 0 Å². The van der Waals surface area contributed by atoms with Gasteiger partial charge in [-0.3, -0.25) is 0 Å². The van der Waals surface area contributed by atoms with Gasteiger partial charge in [-0.15, -0.1) is 0 Å². The second kappa shape index (κ2) is 11.2. The Morgan fingerprint density at radius 2 is 1.73 bits per heavy atom. The predicted molar refractivity (Wildman–Crippen MR) is 96.7 cm³/mol. The zero-order valence-electron chi connectivity index (χ0n) is 15.1. The number of esters is 1.